The van der Waals surface area contributed by atoms with Gasteiger partial charge in [-0.15, -0.1) is 11.3 Å². The number of halogens is 4. The molecule has 0 aliphatic heterocycles. The highest BCUT2D eigenvalue weighted by atomic mass is 32.1. The minimum absolute atomic E-state index is 0.0681. The van der Waals surface area contributed by atoms with Crippen molar-refractivity contribution in [1.82, 2.24) is 20.6 Å². The first-order chi connectivity index (χ1) is 14.3. The molecule has 0 unspecified atom stereocenters. The van der Waals surface area contributed by atoms with Gasteiger partial charge < -0.3 is 15.4 Å². The Hall–Kier alpha value is -3.21. The van der Waals surface area contributed by atoms with Crippen LogP contribution in [0, 0.1) is 5.82 Å². The lowest BCUT2D eigenvalue weighted by Crippen LogP contribution is -2.36. The number of thiazole rings is 1. The number of guanidine groups is 1. The van der Waals surface area contributed by atoms with Crippen LogP contribution >= 0.6 is 11.3 Å². The lowest BCUT2D eigenvalue weighted by Gasteiger charge is -2.12. The van der Waals surface area contributed by atoms with E-state index >= 15 is 0 Å². The van der Waals surface area contributed by atoms with Crippen molar-refractivity contribution in [2.75, 3.05) is 7.05 Å². The van der Waals surface area contributed by atoms with Crippen LogP contribution in [0.15, 0.2) is 53.1 Å². The zero-order valence-corrected chi connectivity index (χ0v) is 16.5. The minimum Gasteiger partial charge on any atom is -0.453 e. The summed E-state index contributed by atoms with van der Waals surface area (Å²) in [6, 6.07) is 7.86. The van der Waals surface area contributed by atoms with Gasteiger partial charge in [0.2, 0.25) is 0 Å². The number of pyridine rings is 1. The summed E-state index contributed by atoms with van der Waals surface area (Å²) in [5, 5.41) is 7.07. The van der Waals surface area contributed by atoms with Gasteiger partial charge in [0.25, 0.3) is 0 Å². The Bertz CT molecular complexity index is 1010. The summed E-state index contributed by atoms with van der Waals surface area (Å²) in [4.78, 5) is 11.4. The van der Waals surface area contributed by atoms with Gasteiger partial charge in [-0.05, 0) is 29.8 Å². The van der Waals surface area contributed by atoms with Crippen LogP contribution in [0.2, 0.25) is 0 Å². The van der Waals surface area contributed by atoms with Gasteiger partial charge in [-0.3, -0.25) is 9.98 Å². The van der Waals surface area contributed by atoms with E-state index in [1.165, 1.54) is 25.4 Å². The van der Waals surface area contributed by atoms with Gasteiger partial charge in [-0.25, -0.2) is 9.37 Å². The Balaban J connectivity index is 1.53. The van der Waals surface area contributed by atoms with Crippen LogP contribution in [-0.2, 0) is 19.3 Å². The fraction of sp³-hybridized carbons (Fsp3) is 0.211. The minimum atomic E-state index is -4.47. The Morgan fingerprint density at radius 2 is 2.00 bits per heavy atom. The lowest BCUT2D eigenvalue weighted by molar-refractivity contribution is -0.140. The topological polar surface area (TPSA) is 71.4 Å². The lowest BCUT2D eigenvalue weighted by atomic mass is 10.2. The maximum absolute atomic E-state index is 14.3. The molecule has 0 bridgehead atoms. The van der Waals surface area contributed by atoms with Gasteiger partial charge >= 0.3 is 6.18 Å². The Kier molecular flexibility index (Phi) is 6.83. The molecule has 0 fully saturated rings. The molecule has 2 aromatic heterocycles. The standard InChI is InChI=1S/C19H17F4N5OS/c1-24-18(27-10-17-28-16(11-30-17)19(21,22)23)26-8-12-4-5-15(14(20)7-12)29-13-3-2-6-25-9-13/h2-7,9,11H,8,10H2,1H3,(H2,24,26,27). The van der Waals surface area contributed by atoms with Crippen LogP contribution in [0.25, 0.3) is 0 Å². The molecule has 158 valence electrons. The van der Waals surface area contributed by atoms with E-state index in [1.54, 1.807) is 24.4 Å². The maximum Gasteiger partial charge on any atom is 0.434 e. The SMILES string of the molecule is CN=C(NCc1ccc(Oc2cccnc2)c(F)c1)NCc1nc(C(F)(F)F)cs1. The number of aromatic nitrogens is 2. The van der Waals surface area contributed by atoms with E-state index in [2.05, 4.69) is 25.6 Å². The third-order valence-electron chi connectivity index (χ3n) is 3.79. The molecule has 0 amide bonds. The molecule has 2 N–H and O–H groups in total. The predicted molar refractivity (Wildman–Crippen MR) is 105 cm³/mol. The van der Waals surface area contributed by atoms with Crippen LogP contribution in [0.4, 0.5) is 17.6 Å². The second-order valence-corrected chi connectivity index (χ2v) is 6.90. The number of alkyl halides is 3. The van der Waals surface area contributed by atoms with E-state index in [9.17, 15) is 17.6 Å². The van der Waals surface area contributed by atoms with E-state index < -0.39 is 17.7 Å². The van der Waals surface area contributed by atoms with Crippen LogP contribution < -0.4 is 15.4 Å². The molecule has 3 aromatic rings. The molecule has 0 spiro atoms. The van der Waals surface area contributed by atoms with Crippen molar-refractivity contribution < 1.29 is 22.3 Å². The number of hydrogen-bond acceptors (Lipinski definition) is 5. The molecule has 0 aliphatic rings. The molecule has 0 atom stereocenters. The van der Waals surface area contributed by atoms with Crippen molar-refractivity contribution in [1.29, 1.82) is 0 Å². The largest absolute Gasteiger partial charge is 0.453 e. The highest BCUT2D eigenvalue weighted by Crippen LogP contribution is 2.30. The Labute approximate surface area is 173 Å². The van der Waals surface area contributed by atoms with E-state index in [1.807, 2.05) is 0 Å². The molecule has 3 rings (SSSR count). The van der Waals surface area contributed by atoms with Gasteiger partial charge in [-0.2, -0.15) is 13.2 Å². The number of nitrogens with one attached hydrogen (secondary N) is 2. The van der Waals surface area contributed by atoms with E-state index in [4.69, 9.17) is 4.74 Å². The van der Waals surface area contributed by atoms with Crippen molar-refractivity contribution in [3.8, 4) is 11.5 Å². The third kappa shape index (κ3) is 5.89. The van der Waals surface area contributed by atoms with Crippen LogP contribution in [0.3, 0.4) is 0 Å². The molecular weight excluding hydrogens is 422 g/mol. The van der Waals surface area contributed by atoms with Crippen molar-refractivity contribution in [2.45, 2.75) is 19.3 Å². The summed E-state index contributed by atoms with van der Waals surface area (Å²) >= 11 is 0.903. The molecule has 0 aliphatic carbocycles. The summed E-state index contributed by atoms with van der Waals surface area (Å²) in [6.45, 7) is 0.322. The molecule has 1 aromatic carbocycles. The zero-order chi connectivity index (χ0) is 21.6. The molecule has 0 saturated carbocycles. The monoisotopic (exact) mass is 439 g/mol. The normalized spacial score (nSPS) is 12.0. The summed E-state index contributed by atoms with van der Waals surface area (Å²) in [5.74, 6) is 0.291. The van der Waals surface area contributed by atoms with Gasteiger partial charge in [0.05, 0.1) is 12.7 Å². The van der Waals surface area contributed by atoms with E-state index in [0.717, 1.165) is 16.7 Å². The second-order valence-electron chi connectivity index (χ2n) is 5.96. The van der Waals surface area contributed by atoms with Crippen LogP contribution in [0.5, 0.6) is 11.5 Å². The first-order valence-electron chi connectivity index (χ1n) is 8.67. The first-order valence-corrected chi connectivity index (χ1v) is 9.55. The first kappa shape index (κ1) is 21.5. The Morgan fingerprint density at radius 3 is 2.63 bits per heavy atom. The fourth-order valence-corrected chi connectivity index (χ4v) is 3.10. The van der Waals surface area contributed by atoms with E-state index in [0.29, 0.717) is 17.3 Å². The molecule has 0 radical (unpaired) electrons. The zero-order valence-electron chi connectivity index (χ0n) is 15.7. The summed E-state index contributed by atoms with van der Waals surface area (Å²) in [7, 11) is 1.52. The predicted octanol–water partition coefficient (Wildman–Crippen LogP) is 4.35. The molecular formula is C19H17F4N5OS. The third-order valence-corrected chi connectivity index (χ3v) is 4.64. The molecule has 0 saturated heterocycles. The number of nitrogens with zero attached hydrogens (tertiary/aromatic N) is 3. The quantitative estimate of drug-likeness (QED) is 0.339. The van der Waals surface area contributed by atoms with Crippen molar-refractivity contribution in [3.63, 3.8) is 0 Å². The number of aliphatic imine (C=N–C) groups is 1. The molecule has 2 heterocycles. The molecule has 30 heavy (non-hydrogen) atoms. The maximum atomic E-state index is 14.3. The van der Waals surface area contributed by atoms with Crippen LogP contribution in [-0.4, -0.2) is 23.0 Å². The highest BCUT2D eigenvalue weighted by Gasteiger charge is 2.33. The average molecular weight is 439 g/mol. The van der Waals surface area contributed by atoms with E-state index in [-0.39, 0.29) is 23.8 Å². The molecule has 6 nitrogen and oxygen atoms in total. The van der Waals surface area contributed by atoms with Gasteiger partial charge in [0, 0.05) is 25.2 Å². The van der Waals surface area contributed by atoms with Gasteiger partial charge in [0.1, 0.15) is 10.8 Å². The summed E-state index contributed by atoms with van der Waals surface area (Å²) in [5.41, 5.74) is -0.293. The van der Waals surface area contributed by atoms with Crippen molar-refractivity contribution in [2.24, 2.45) is 4.99 Å². The smallest absolute Gasteiger partial charge is 0.434 e. The summed E-state index contributed by atoms with van der Waals surface area (Å²) in [6.07, 6.45) is -1.40. The summed E-state index contributed by atoms with van der Waals surface area (Å²) < 4.78 is 57.5. The molecule has 11 heteroatoms. The number of hydrogen-bond donors (Lipinski definition) is 2. The van der Waals surface area contributed by atoms with Gasteiger partial charge in [0.15, 0.2) is 23.2 Å². The average Bonchev–Trinajstić information content (AvgIpc) is 3.20. The number of benzene rings is 1. The highest BCUT2D eigenvalue weighted by molar-refractivity contribution is 7.09. The Morgan fingerprint density at radius 1 is 1.20 bits per heavy atom. The fourth-order valence-electron chi connectivity index (χ4n) is 2.36. The second kappa shape index (κ2) is 9.53. The van der Waals surface area contributed by atoms with Crippen LogP contribution in [0.1, 0.15) is 16.3 Å². The van der Waals surface area contributed by atoms with Crippen molar-refractivity contribution in [3.05, 3.63) is 70.2 Å². The van der Waals surface area contributed by atoms with Crippen molar-refractivity contribution >= 4 is 17.3 Å². The number of rotatable bonds is 6. The number of ether oxygens (including phenoxy) is 1. The van der Waals surface area contributed by atoms with Gasteiger partial charge in [-0.1, -0.05) is 6.07 Å².